The average Bonchev–Trinajstić information content (AvgIpc) is 3.26. The first-order valence-corrected chi connectivity index (χ1v) is 9.81. The second-order valence-electron chi connectivity index (χ2n) is 6.58. The number of carbonyl (C=O) groups is 1. The van der Waals surface area contributed by atoms with Crippen LogP contribution in [0.1, 0.15) is 28.3 Å². The maximum absolute atomic E-state index is 12.4. The molecule has 0 bridgehead atoms. The summed E-state index contributed by atoms with van der Waals surface area (Å²) in [5.74, 6) is -0.136. The molecule has 0 aliphatic carbocycles. The smallest absolute Gasteiger partial charge is 0.271 e. The second kappa shape index (κ2) is 7.93. The van der Waals surface area contributed by atoms with Crippen LogP contribution in [0.25, 0.3) is 10.7 Å². The van der Waals surface area contributed by atoms with Crippen LogP contribution in [0.5, 0.6) is 0 Å². The van der Waals surface area contributed by atoms with Crippen molar-refractivity contribution in [2.75, 3.05) is 20.1 Å². The number of amides is 1. The Bertz CT molecular complexity index is 921. The quantitative estimate of drug-likeness (QED) is 0.720. The molecule has 1 amide bonds. The zero-order chi connectivity index (χ0) is 18.6. The summed E-state index contributed by atoms with van der Waals surface area (Å²) in [7, 11) is 2.09. The lowest BCUT2D eigenvalue weighted by Crippen LogP contribution is -2.26. The van der Waals surface area contributed by atoms with E-state index in [1.807, 2.05) is 16.1 Å². The number of nitrogens with one attached hydrogen (secondary N) is 1. The molecular formula is C18H21N7OS. The van der Waals surface area contributed by atoms with Crippen LogP contribution in [-0.4, -0.2) is 55.7 Å². The summed E-state index contributed by atoms with van der Waals surface area (Å²) in [6.45, 7) is 3.25. The summed E-state index contributed by atoms with van der Waals surface area (Å²) in [4.78, 5) is 27.5. The van der Waals surface area contributed by atoms with Gasteiger partial charge in [-0.1, -0.05) is 0 Å². The Hall–Kier alpha value is -2.65. The van der Waals surface area contributed by atoms with Crippen molar-refractivity contribution in [3.63, 3.8) is 0 Å². The molecule has 8 nitrogen and oxygen atoms in total. The number of hydrogen-bond donors (Lipinski definition) is 1. The van der Waals surface area contributed by atoms with Crippen LogP contribution in [0.4, 0.5) is 0 Å². The molecule has 0 saturated heterocycles. The summed E-state index contributed by atoms with van der Waals surface area (Å²) in [5, 5.41) is 10.2. The van der Waals surface area contributed by atoms with Gasteiger partial charge in [-0.2, -0.15) is 5.10 Å². The third-order valence-corrected chi connectivity index (χ3v) is 5.35. The number of aromatic nitrogens is 5. The van der Waals surface area contributed by atoms with Gasteiger partial charge in [0.25, 0.3) is 5.91 Å². The lowest BCUT2D eigenvalue weighted by molar-refractivity contribution is 0.0948. The van der Waals surface area contributed by atoms with Crippen LogP contribution in [-0.2, 0) is 19.5 Å². The molecule has 3 aromatic rings. The van der Waals surface area contributed by atoms with Gasteiger partial charge in [0.15, 0.2) is 0 Å². The number of rotatable bonds is 5. The Labute approximate surface area is 161 Å². The SMILES string of the molecule is CN1CCCn2nc(C(=O)NCCc3csc(-c4cnccn4)n3)cc2C1. The molecule has 140 valence electrons. The van der Waals surface area contributed by atoms with E-state index < -0.39 is 0 Å². The Balaban J connectivity index is 1.33. The second-order valence-corrected chi connectivity index (χ2v) is 7.43. The van der Waals surface area contributed by atoms with Gasteiger partial charge in [-0.15, -0.1) is 11.3 Å². The highest BCUT2D eigenvalue weighted by Gasteiger charge is 2.17. The van der Waals surface area contributed by atoms with Crippen LogP contribution in [0.15, 0.2) is 30.0 Å². The number of carbonyl (C=O) groups excluding carboxylic acids is 1. The average molecular weight is 383 g/mol. The zero-order valence-electron chi connectivity index (χ0n) is 15.1. The van der Waals surface area contributed by atoms with Crippen molar-refractivity contribution in [1.82, 2.24) is 34.9 Å². The first kappa shape index (κ1) is 17.7. The largest absolute Gasteiger partial charge is 0.350 e. The Morgan fingerprint density at radius 3 is 3.11 bits per heavy atom. The maximum atomic E-state index is 12.4. The van der Waals surface area contributed by atoms with Gasteiger partial charge >= 0.3 is 0 Å². The minimum atomic E-state index is -0.136. The van der Waals surface area contributed by atoms with Crippen LogP contribution < -0.4 is 5.32 Å². The van der Waals surface area contributed by atoms with Gasteiger partial charge in [-0.05, 0) is 19.5 Å². The Kier molecular flexibility index (Phi) is 5.21. The highest BCUT2D eigenvalue weighted by molar-refractivity contribution is 7.13. The van der Waals surface area contributed by atoms with Crippen LogP contribution in [0.3, 0.4) is 0 Å². The molecule has 0 spiro atoms. The predicted octanol–water partition coefficient (Wildman–Crippen LogP) is 1.60. The topological polar surface area (TPSA) is 88.8 Å². The highest BCUT2D eigenvalue weighted by atomic mass is 32.1. The van der Waals surface area contributed by atoms with Crippen LogP contribution in [0.2, 0.25) is 0 Å². The predicted molar refractivity (Wildman–Crippen MR) is 102 cm³/mol. The summed E-state index contributed by atoms with van der Waals surface area (Å²) >= 11 is 1.53. The number of nitrogens with zero attached hydrogens (tertiary/aromatic N) is 6. The molecule has 9 heteroatoms. The van der Waals surface area contributed by atoms with Crippen molar-refractivity contribution in [2.45, 2.75) is 25.9 Å². The number of fused-ring (bicyclic) bond motifs is 1. The number of hydrogen-bond acceptors (Lipinski definition) is 7. The fourth-order valence-corrected chi connectivity index (χ4v) is 3.89. The summed E-state index contributed by atoms with van der Waals surface area (Å²) in [6, 6.07) is 1.90. The van der Waals surface area contributed by atoms with E-state index in [0.29, 0.717) is 18.7 Å². The van der Waals surface area contributed by atoms with Crippen LogP contribution in [0, 0.1) is 0 Å². The van der Waals surface area contributed by atoms with E-state index in [1.54, 1.807) is 18.6 Å². The van der Waals surface area contributed by atoms with Gasteiger partial charge in [0.2, 0.25) is 0 Å². The fourth-order valence-electron chi connectivity index (χ4n) is 3.08. The molecule has 1 N–H and O–H groups in total. The minimum absolute atomic E-state index is 0.136. The van der Waals surface area contributed by atoms with Crippen molar-refractivity contribution < 1.29 is 4.79 Å². The normalized spacial score (nSPS) is 14.6. The van der Waals surface area contributed by atoms with Gasteiger partial charge in [0, 0.05) is 50.4 Å². The number of aryl methyl sites for hydroxylation is 1. The van der Waals surface area contributed by atoms with E-state index in [9.17, 15) is 4.79 Å². The van der Waals surface area contributed by atoms with E-state index in [-0.39, 0.29) is 5.91 Å². The van der Waals surface area contributed by atoms with E-state index in [1.165, 1.54) is 11.3 Å². The van der Waals surface area contributed by atoms with Crippen molar-refractivity contribution in [1.29, 1.82) is 0 Å². The molecule has 4 heterocycles. The fraction of sp³-hybridized carbons (Fsp3) is 0.389. The molecule has 0 fully saturated rings. The molecular weight excluding hydrogens is 362 g/mol. The Morgan fingerprint density at radius 1 is 1.33 bits per heavy atom. The molecule has 1 aliphatic rings. The first-order valence-electron chi connectivity index (χ1n) is 8.93. The van der Waals surface area contributed by atoms with Gasteiger partial charge in [-0.3, -0.25) is 19.4 Å². The highest BCUT2D eigenvalue weighted by Crippen LogP contribution is 2.20. The maximum Gasteiger partial charge on any atom is 0.271 e. The van der Waals surface area contributed by atoms with Crippen molar-refractivity contribution >= 4 is 17.2 Å². The standard InChI is InChI=1S/C18H21N7OS/c1-24-7-2-8-25-14(11-24)9-15(23-25)17(26)21-4-3-13-12-27-18(22-13)16-10-19-5-6-20-16/h5-6,9-10,12H,2-4,7-8,11H2,1H3,(H,21,26). The summed E-state index contributed by atoms with van der Waals surface area (Å²) < 4.78 is 1.95. The van der Waals surface area contributed by atoms with E-state index in [2.05, 4.69) is 37.3 Å². The monoisotopic (exact) mass is 383 g/mol. The van der Waals surface area contributed by atoms with Gasteiger partial charge in [0.1, 0.15) is 16.4 Å². The molecule has 0 saturated carbocycles. The van der Waals surface area contributed by atoms with Gasteiger partial charge < -0.3 is 10.2 Å². The third kappa shape index (κ3) is 4.20. The number of thiazole rings is 1. The molecule has 0 radical (unpaired) electrons. The minimum Gasteiger partial charge on any atom is -0.350 e. The van der Waals surface area contributed by atoms with E-state index in [0.717, 1.165) is 48.1 Å². The lowest BCUT2D eigenvalue weighted by Gasteiger charge is -2.10. The molecule has 27 heavy (non-hydrogen) atoms. The van der Waals surface area contributed by atoms with Crippen LogP contribution >= 0.6 is 11.3 Å². The van der Waals surface area contributed by atoms with E-state index >= 15 is 0 Å². The molecule has 0 aromatic carbocycles. The van der Waals surface area contributed by atoms with Crippen molar-refractivity contribution in [3.05, 3.63) is 47.1 Å². The van der Waals surface area contributed by atoms with E-state index in [4.69, 9.17) is 0 Å². The van der Waals surface area contributed by atoms with Gasteiger partial charge in [-0.25, -0.2) is 4.98 Å². The summed E-state index contributed by atoms with van der Waals surface area (Å²) in [6.07, 6.45) is 6.70. The van der Waals surface area contributed by atoms with Crippen molar-refractivity contribution in [3.8, 4) is 10.7 Å². The Morgan fingerprint density at radius 2 is 2.26 bits per heavy atom. The molecule has 0 unspecified atom stereocenters. The lowest BCUT2D eigenvalue weighted by atomic mass is 10.3. The molecule has 4 rings (SSSR count). The van der Waals surface area contributed by atoms with Crippen molar-refractivity contribution in [2.24, 2.45) is 0 Å². The molecule has 3 aromatic heterocycles. The zero-order valence-corrected chi connectivity index (χ0v) is 15.9. The van der Waals surface area contributed by atoms with Gasteiger partial charge in [0.05, 0.1) is 17.6 Å². The molecule has 1 aliphatic heterocycles. The third-order valence-electron chi connectivity index (χ3n) is 4.44. The first-order chi connectivity index (χ1) is 13.2. The molecule has 0 atom stereocenters. The summed E-state index contributed by atoms with van der Waals surface area (Å²) in [5.41, 5.74) is 3.28.